The average Bonchev–Trinajstić information content (AvgIpc) is 3.61. The van der Waals surface area contributed by atoms with E-state index in [-0.39, 0.29) is 16.8 Å². The van der Waals surface area contributed by atoms with Gasteiger partial charge in [0, 0.05) is 22.4 Å². The van der Waals surface area contributed by atoms with Crippen molar-refractivity contribution < 1.29 is 12.3 Å². The van der Waals surface area contributed by atoms with E-state index in [9.17, 15) is 5.48 Å². The van der Waals surface area contributed by atoms with E-state index in [1.54, 1.807) is 0 Å². The average molecular weight is 775 g/mol. The van der Waals surface area contributed by atoms with Gasteiger partial charge < -0.3 is 4.90 Å². The molecule has 0 aromatic heterocycles. The summed E-state index contributed by atoms with van der Waals surface area (Å²) in [6, 6.07) is 53.0. The van der Waals surface area contributed by atoms with Crippen LogP contribution in [0.2, 0.25) is 0 Å². The molecule has 0 spiro atoms. The van der Waals surface area contributed by atoms with Crippen LogP contribution in [-0.2, 0) is 5.41 Å². The predicted molar refractivity (Wildman–Crippen MR) is 255 cm³/mol. The molecule has 0 saturated carbocycles. The summed E-state index contributed by atoms with van der Waals surface area (Å²) in [6.45, 7) is 4.36. The smallest absolute Gasteiger partial charge is 0.0645 e. The summed E-state index contributed by atoms with van der Waals surface area (Å²) in [5.41, 5.74) is 10.0. The standard InChI is InChI=1S/C59H43N/c1-59(2)55-22-12-11-20-53(55)54-35-34-51(39-56(54)59)60(50-32-30-43(31-33-50)40-14-5-3-6-15-40)57-23-13-21-52(58(57)49-29-24-42-18-9-10-19-44(42)38-49)48-28-27-46-36-45(25-26-47(46)37-48)41-16-7-4-8-17-41/h3-39H,1-2H3/i3D,5D,6D,14D,15D,30D,31D,32D,33D. The molecule has 60 heavy (non-hydrogen) atoms. The highest BCUT2D eigenvalue weighted by molar-refractivity contribution is 6.02. The molecule has 0 heterocycles. The lowest BCUT2D eigenvalue weighted by Gasteiger charge is -2.31. The van der Waals surface area contributed by atoms with E-state index in [1.165, 1.54) is 5.56 Å². The lowest BCUT2D eigenvalue weighted by Crippen LogP contribution is -2.17. The molecule has 10 aromatic rings. The first-order valence-electron chi connectivity index (χ1n) is 24.7. The predicted octanol–water partition coefficient (Wildman–Crippen LogP) is 16.4. The van der Waals surface area contributed by atoms with Crippen molar-refractivity contribution in [2.24, 2.45) is 0 Å². The molecule has 11 rings (SSSR count). The molecule has 0 amide bonds. The van der Waals surface area contributed by atoms with Crippen LogP contribution in [0.3, 0.4) is 0 Å². The Hall–Kier alpha value is -7.48. The maximum Gasteiger partial charge on any atom is 0.0645 e. The van der Waals surface area contributed by atoms with Gasteiger partial charge in [0.05, 0.1) is 18.0 Å². The Labute approximate surface area is 365 Å². The van der Waals surface area contributed by atoms with Crippen molar-refractivity contribution in [2.45, 2.75) is 19.3 Å². The van der Waals surface area contributed by atoms with Crippen LogP contribution in [0.1, 0.15) is 37.3 Å². The summed E-state index contributed by atoms with van der Waals surface area (Å²) >= 11 is 0. The first-order chi connectivity index (χ1) is 33.2. The van der Waals surface area contributed by atoms with E-state index >= 15 is 0 Å². The minimum absolute atomic E-state index is 0.0551. The van der Waals surface area contributed by atoms with Crippen molar-refractivity contribution in [1.82, 2.24) is 0 Å². The molecule has 1 nitrogen and oxygen atoms in total. The van der Waals surface area contributed by atoms with Gasteiger partial charge in [-0.15, -0.1) is 0 Å². The summed E-state index contributed by atoms with van der Waals surface area (Å²) in [6.07, 6.45) is 0. The molecule has 0 bridgehead atoms. The van der Waals surface area contributed by atoms with Crippen molar-refractivity contribution >= 4 is 38.6 Å². The van der Waals surface area contributed by atoms with E-state index in [1.807, 2.05) is 65.6 Å². The quantitative estimate of drug-likeness (QED) is 0.156. The van der Waals surface area contributed by atoms with Crippen LogP contribution >= 0.6 is 0 Å². The molecule has 0 fully saturated rings. The minimum atomic E-state index is -0.627. The second-order valence-corrected chi connectivity index (χ2v) is 15.9. The SMILES string of the molecule is [2H]c1c([2H])c([2H])c(-c2c([2H])c([2H])c(N(c3ccc4c(c3)C(C)(C)c3ccccc3-4)c3cccc(-c4ccc5cc(-c6ccccc6)ccc5c4)c3-c3ccc4ccccc4c3)c([2H])c2[2H])c([2H])c1[2H]. The second-order valence-electron chi connectivity index (χ2n) is 15.9. The van der Waals surface area contributed by atoms with Crippen LogP contribution in [0.5, 0.6) is 0 Å². The fourth-order valence-electron chi connectivity index (χ4n) is 8.98. The number of fused-ring (bicyclic) bond motifs is 5. The van der Waals surface area contributed by atoms with Gasteiger partial charge in [-0.2, -0.15) is 0 Å². The third kappa shape index (κ3) is 6.10. The normalized spacial score (nSPS) is 14.7. The number of nitrogens with zero attached hydrogens (tertiary/aromatic N) is 1. The van der Waals surface area contributed by atoms with Crippen molar-refractivity contribution in [2.75, 3.05) is 4.90 Å². The molecule has 0 radical (unpaired) electrons. The lowest BCUT2D eigenvalue weighted by molar-refractivity contribution is 0.660. The van der Waals surface area contributed by atoms with Gasteiger partial charge in [0.15, 0.2) is 0 Å². The zero-order valence-electron chi connectivity index (χ0n) is 42.1. The Bertz CT molecular complexity index is 3710. The number of rotatable bonds is 7. The maximum atomic E-state index is 9.86. The van der Waals surface area contributed by atoms with Gasteiger partial charge in [0.2, 0.25) is 0 Å². The third-order valence-corrected chi connectivity index (χ3v) is 12.0. The molecular formula is C59H43N. The molecular weight excluding hydrogens is 723 g/mol. The largest absolute Gasteiger partial charge is 0.310 e. The lowest BCUT2D eigenvalue weighted by atomic mass is 9.82. The summed E-state index contributed by atoms with van der Waals surface area (Å²) in [4.78, 5) is 1.81. The zero-order valence-corrected chi connectivity index (χ0v) is 33.1. The van der Waals surface area contributed by atoms with E-state index in [0.717, 1.165) is 71.6 Å². The number of benzene rings is 10. The van der Waals surface area contributed by atoms with Crippen molar-refractivity contribution in [3.63, 3.8) is 0 Å². The van der Waals surface area contributed by atoms with Gasteiger partial charge in [0.25, 0.3) is 0 Å². The monoisotopic (exact) mass is 774 g/mol. The summed E-state index contributed by atoms with van der Waals surface area (Å²) in [7, 11) is 0. The summed E-state index contributed by atoms with van der Waals surface area (Å²) < 4.78 is 81.5. The van der Waals surface area contributed by atoms with Gasteiger partial charge >= 0.3 is 0 Å². The molecule has 0 unspecified atom stereocenters. The van der Waals surface area contributed by atoms with Crippen LogP contribution in [0.25, 0.3) is 77.2 Å². The maximum absolute atomic E-state index is 9.86. The van der Waals surface area contributed by atoms with Crippen LogP contribution in [0, 0.1) is 0 Å². The first-order valence-corrected chi connectivity index (χ1v) is 20.2. The van der Waals surface area contributed by atoms with Gasteiger partial charge in [-0.25, -0.2) is 0 Å². The fraction of sp³-hybridized carbons (Fsp3) is 0.0508. The van der Waals surface area contributed by atoms with E-state index in [0.29, 0.717) is 11.4 Å². The van der Waals surface area contributed by atoms with E-state index in [4.69, 9.17) is 6.85 Å². The summed E-state index contributed by atoms with van der Waals surface area (Å²) in [5, 5.41) is 4.19. The molecule has 1 aliphatic carbocycles. The molecule has 1 heteroatoms. The van der Waals surface area contributed by atoms with Gasteiger partial charge in [-0.3, -0.25) is 0 Å². The Morgan fingerprint density at radius 3 is 1.78 bits per heavy atom. The Balaban J connectivity index is 1.21. The van der Waals surface area contributed by atoms with E-state index in [2.05, 4.69) is 123 Å². The van der Waals surface area contributed by atoms with Crippen LogP contribution < -0.4 is 4.90 Å². The number of hydrogen-bond donors (Lipinski definition) is 0. The number of anilines is 3. The van der Waals surface area contributed by atoms with Crippen molar-refractivity contribution in [3.8, 4) is 55.6 Å². The molecule has 0 N–H and O–H groups in total. The van der Waals surface area contributed by atoms with Crippen LogP contribution in [0.4, 0.5) is 17.1 Å². The fourth-order valence-corrected chi connectivity index (χ4v) is 8.98. The van der Waals surface area contributed by atoms with Crippen molar-refractivity contribution in [3.05, 3.63) is 235 Å². The topological polar surface area (TPSA) is 3.24 Å². The highest BCUT2D eigenvalue weighted by Crippen LogP contribution is 2.52. The van der Waals surface area contributed by atoms with Gasteiger partial charge in [-0.1, -0.05) is 190 Å². The molecule has 0 atom stereocenters. The first kappa shape index (κ1) is 27.3. The van der Waals surface area contributed by atoms with Crippen LogP contribution in [-0.4, -0.2) is 0 Å². The molecule has 284 valence electrons. The molecule has 10 aromatic carbocycles. The molecule has 0 saturated heterocycles. The highest BCUT2D eigenvalue weighted by atomic mass is 15.1. The Morgan fingerprint density at radius 2 is 0.967 bits per heavy atom. The molecule has 0 aliphatic heterocycles. The van der Waals surface area contributed by atoms with Crippen molar-refractivity contribution in [1.29, 1.82) is 0 Å². The van der Waals surface area contributed by atoms with Gasteiger partial charge in [0.1, 0.15) is 0 Å². The number of hydrogen-bond acceptors (Lipinski definition) is 1. The third-order valence-electron chi connectivity index (χ3n) is 12.0. The molecule has 1 aliphatic rings. The Kier molecular flexibility index (Phi) is 6.55. The summed E-state index contributed by atoms with van der Waals surface area (Å²) in [5.74, 6) is 0. The zero-order chi connectivity index (χ0) is 48.0. The Morgan fingerprint density at radius 1 is 0.367 bits per heavy atom. The van der Waals surface area contributed by atoms with Gasteiger partial charge in [-0.05, 0) is 131 Å². The van der Waals surface area contributed by atoms with E-state index < -0.39 is 59.8 Å². The van der Waals surface area contributed by atoms with Crippen LogP contribution in [0.15, 0.2) is 224 Å². The highest BCUT2D eigenvalue weighted by Gasteiger charge is 2.36. The second kappa shape index (κ2) is 14.4. The minimum Gasteiger partial charge on any atom is -0.310 e.